The molecule has 21 heavy (non-hydrogen) atoms. The van der Waals surface area contributed by atoms with Gasteiger partial charge in [0.05, 0.1) is 30.1 Å². The minimum Gasteiger partial charge on any atom is -0.493 e. The zero-order chi connectivity index (χ0) is 14.7. The second-order valence-corrected chi connectivity index (χ2v) is 7.56. The van der Waals surface area contributed by atoms with E-state index in [2.05, 4.69) is 9.71 Å². The summed E-state index contributed by atoms with van der Waals surface area (Å²) in [5, 5.41) is 1.84. The van der Waals surface area contributed by atoms with Crippen LogP contribution in [0.25, 0.3) is 0 Å². The van der Waals surface area contributed by atoms with Crippen molar-refractivity contribution < 1.29 is 13.2 Å². The molecule has 0 amide bonds. The Balaban J connectivity index is 1.56. The number of ether oxygens (including phenoxy) is 1. The summed E-state index contributed by atoms with van der Waals surface area (Å²) in [6, 6.07) is 5.89. The van der Waals surface area contributed by atoms with Crippen LogP contribution in [0.15, 0.2) is 29.1 Å². The van der Waals surface area contributed by atoms with Crippen molar-refractivity contribution in [3.8, 4) is 5.75 Å². The molecule has 112 valence electrons. The first-order valence-electron chi connectivity index (χ1n) is 6.71. The number of rotatable bonds is 6. The molecule has 1 aliphatic rings. The van der Waals surface area contributed by atoms with E-state index in [1.54, 1.807) is 5.51 Å². The van der Waals surface area contributed by atoms with Gasteiger partial charge < -0.3 is 4.74 Å². The van der Waals surface area contributed by atoms with Gasteiger partial charge in [-0.3, -0.25) is 0 Å². The van der Waals surface area contributed by atoms with Crippen molar-refractivity contribution in [3.63, 3.8) is 0 Å². The van der Waals surface area contributed by atoms with Crippen LogP contribution in [0, 0.1) is 0 Å². The van der Waals surface area contributed by atoms with E-state index in [1.165, 1.54) is 16.9 Å². The van der Waals surface area contributed by atoms with Gasteiger partial charge in [-0.1, -0.05) is 12.1 Å². The van der Waals surface area contributed by atoms with Crippen molar-refractivity contribution in [2.45, 2.75) is 19.4 Å². The Bertz CT molecular complexity index is 712. The number of aromatic nitrogens is 1. The summed E-state index contributed by atoms with van der Waals surface area (Å²) < 4.78 is 32.0. The fourth-order valence-corrected chi connectivity index (χ4v) is 3.80. The summed E-state index contributed by atoms with van der Waals surface area (Å²) in [6.45, 7) is 0.968. The highest BCUT2D eigenvalue weighted by molar-refractivity contribution is 7.89. The largest absolute Gasteiger partial charge is 0.493 e. The third kappa shape index (κ3) is 3.81. The van der Waals surface area contributed by atoms with Crippen LogP contribution in [0.1, 0.15) is 16.8 Å². The molecule has 1 aliphatic heterocycles. The van der Waals surface area contributed by atoms with Crippen molar-refractivity contribution in [1.29, 1.82) is 0 Å². The highest BCUT2D eigenvalue weighted by Crippen LogP contribution is 2.26. The van der Waals surface area contributed by atoms with Crippen LogP contribution in [0.2, 0.25) is 0 Å². The molecule has 7 heteroatoms. The Kier molecular flexibility index (Phi) is 4.23. The second kappa shape index (κ2) is 6.13. The topological polar surface area (TPSA) is 68.3 Å². The molecule has 0 saturated carbocycles. The summed E-state index contributed by atoms with van der Waals surface area (Å²) in [6.07, 6.45) is 1.40. The summed E-state index contributed by atoms with van der Waals surface area (Å²) in [5.74, 6) is 1.000. The standard InChI is InChI=1S/C14H16N2O3S2/c17-21(18,16-8-13-9-20-10-15-13)6-4-11-1-2-14-12(7-11)3-5-19-14/h1-2,7,9-10,16H,3-6,8H2. The zero-order valence-electron chi connectivity index (χ0n) is 11.4. The summed E-state index contributed by atoms with van der Waals surface area (Å²) in [5.41, 5.74) is 4.63. The van der Waals surface area contributed by atoms with E-state index >= 15 is 0 Å². The van der Waals surface area contributed by atoms with E-state index in [0.717, 1.165) is 23.4 Å². The van der Waals surface area contributed by atoms with Crippen molar-refractivity contribution >= 4 is 21.4 Å². The normalized spacial score (nSPS) is 13.9. The highest BCUT2D eigenvalue weighted by Gasteiger charge is 2.14. The maximum absolute atomic E-state index is 12.0. The average Bonchev–Trinajstić information content (AvgIpc) is 3.13. The number of sulfonamides is 1. The van der Waals surface area contributed by atoms with Gasteiger partial charge in [-0.25, -0.2) is 18.1 Å². The molecule has 1 N–H and O–H groups in total. The van der Waals surface area contributed by atoms with E-state index in [4.69, 9.17) is 4.74 Å². The molecule has 1 aromatic heterocycles. The molecule has 0 bridgehead atoms. The Morgan fingerprint density at radius 2 is 2.29 bits per heavy atom. The van der Waals surface area contributed by atoms with E-state index in [0.29, 0.717) is 13.0 Å². The molecule has 0 spiro atoms. The van der Waals surface area contributed by atoms with Crippen LogP contribution < -0.4 is 9.46 Å². The van der Waals surface area contributed by atoms with Crippen molar-refractivity contribution in [3.05, 3.63) is 45.9 Å². The number of benzene rings is 1. The Labute approximate surface area is 128 Å². The lowest BCUT2D eigenvalue weighted by Crippen LogP contribution is -2.27. The Morgan fingerprint density at radius 3 is 3.10 bits per heavy atom. The molecule has 2 heterocycles. The maximum atomic E-state index is 12.0. The second-order valence-electron chi connectivity index (χ2n) is 4.91. The molecule has 0 fully saturated rings. The minimum atomic E-state index is -3.29. The van der Waals surface area contributed by atoms with Gasteiger partial charge >= 0.3 is 0 Å². The molecule has 0 saturated heterocycles. The lowest BCUT2D eigenvalue weighted by molar-refractivity contribution is 0.357. The van der Waals surface area contributed by atoms with Crippen molar-refractivity contribution in [2.75, 3.05) is 12.4 Å². The number of nitrogens with zero attached hydrogens (tertiary/aromatic N) is 1. The molecule has 3 rings (SSSR count). The monoisotopic (exact) mass is 324 g/mol. The first-order valence-corrected chi connectivity index (χ1v) is 9.31. The van der Waals surface area contributed by atoms with E-state index in [-0.39, 0.29) is 12.3 Å². The molecular weight excluding hydrogens is 308 g/mol. The van der Waals surface area contributed by atoms with Crippen molar-refractivity contribution in [1.82, 2.24) is 9.71 Å². The van der Waals surface area contributed by atoms with Gasteiger partial charge in [0.15, 0.2) is 0 Å². The fraction of sp³-hybridized carbons (Fsp3) is 0.357. The van der Waals surface area contributed by atoms with Gasteiger partial charge in [0.1, 0.15) is 5.75 Å². The predicted octanol–water partition coefficient (Wildman–Crippen LogP) is 1.74. The summed E-state index contributed by atoms with van der Waals surface area (Å²) >= 11 is 1.45. The summed E-state index contributed by atoms with van der Waals surface area (Å²) in [7, 11) is -3.29. The predicted molar refractivity (Wildman–Crippen MR) is 82.1 cm³/mol. The van der Waals surface area contributed by atoms with Crippen LogP contribution in [0.5, 0.6) is 5.75 Å². The van der Waals surface area contributed by atoms with Crippen LogP contribution >= 0.6 is 11.3 Å². The molecule has 0 aliphatic carbocycles. The van der Waals surface area contributed by atoms with Gasteiger partial charge in [-0.05, 0) is 23.6 Å². The quantitative estimate of drug-likeness (QED) is 0.879. The number of nitrogens with one attached hydrogen (secondary N) is 1. The third-order valence-corrected chi connectivity index (χ3v) is 5.33. The lowest BCUT2D eigenvalue weighted by atomic mass is 10.1. The Morgan fingerprint density at radius 1 is 1.38 bits per heavy atom. The number of hydrogen-bond donors (Lipinski definition) is 1. The first-order chi connectivity index (χ1) is 10.1. The molecule has 0 atom stereocenters. The van der Waals surface area contributed by atoms with Crippen LogP contribution in [-0.4, -0.2) is 25.8 Å². The number of thiazole rings is 1. The Hall–Kier alpha value is -1.44. The highest BCUT2D eigenvalue weighted by atomic mass is 32.2. The zero-order valence-corrected chi connectivity index (χ0v) is 13.0. The number of fused-ring (bicyclic) bond motifs is 1. The lowest BCUT2D eigenvalue weighted by Gasteiger charge is -2.07. The third-order valence-electron chi connectivity index (χ3n) is 3.37. The SMILES string of the molecule is O=S(=O)(CCc1ccc2c(c1)CCO2)NCc1cscn1. The average molecular weight is 324 g/mol. The minimum absolute atomic E-state index is 0.0801. The van der Waals surface area contributed by atoms with Gasteiger partial charge in [0, 0.05) is 11.8 Å². The number of hydrogen-bond acceptors (Lipinski definition) is 5. The summed E-state index contributed by atoms with van der Waals surface area (Å²) in [4.78, 5) is 4.05. The molecule has 0 unspecified atom stereocenters. The van der Waals surface area contributed by atoms with Gasteiger partial charge in [0.2, 0.25) is 10.0 Å². The first kappa shape index (κ1) is 14.5. The smallest absolute Gasteiger partial charge is 0.212 e. The van der Waals surface area contributed by atoms with Gasteiger partial charge in [-0.2, -0.15) is 0 Å². The van der Waals surface area contributed by atoms with Gasteiger partial charge in [-0.15, -0.1) is 11.3 Å². The molecule has 5 nitrogen and oxygen atoms in total. The fourth-order valence-electron chi connectivity index (χ4n) is 2.23. The van der Waals surface area contributed by atoms with Crippen molar-refractivity contribution in [2.24, 2.45) is 0 Å². The van der Waals surface area contributed by atoms with Crippen LogP contribution in [0.4, 0.5) is 0 Å². The maximum Gasteiger partial charge on any atom is 0.212 e. The number of aryl methyl sites for hydroxylation is 1. The van der Waals surface area contributed by atoms with E-state index in [1.807, 2.05) is 23.6 Å². The van der Waals surface area contributed by atoms with E-state index < -0.39 is 10.0 Å². The van der Waals surface area contributed by atoms with Crippen LogP contribution in [0.3, 0.4) is 0 Å². The molecule has 1 aromatic carbocycles. The van der Waals surface area contributed by atoms with Crippen LogP contribution in [-0.2, 0) is 29.4 Å². The van der Waals surface area contributed by atoms with Gasteiger partial charge in [0.25, 0.3) is 0 Å². The molecular formula is C14H16N2O3S2. The molecule has 0 radical (unpaired) electrons. The van der Waals surface area contributed by atoms with E-state index in [9.17, 15) is 8.42 Å². The molecule has 2 aromatic rings.